The van der Waals surface area contributed by atoms with E-state index in [0.29, 0.717) is 21.7 Å². The van der Waals surface area contributed by atoms with Crippen LogP contribution in [0.15, 0.2) is 10.5 Å². The number of pyridine rings is 1. The maximum Gasteiger partial charge on any atom is 0.174 e. The summed E-state index contributed by atoms with van der Waals surface area (Å²) in [5.74, 6) is 1.19. The maximum atomic E-state index is 6.25. The van der Waals surface area contributed by atoms with Crippen molar-refractivity contribution in [3.8, 4) is 5.82 Å². The molecule has 0 saturated carbocycles. The largest absolute Gasteiger partial charge is 0.369 e. The summed E-state index contributed by atoms with van der Waals surface area (Å²) in [5, 5.41) is 8.61. The van der Waals surface area contributed by atoms with Gasteiger partial charge in [-0.3, -0.25) is 0 Å². The topological polar surface area (TPSA) is 42.7 Å². The van der Waals surface area contributed by atoms with Crippen LogP contribution in [-0.4, -0.2) is 21.3 Å². The third-order valence-electron chi connectivity index (χ3n) is 2.86. The Kier molecular flexibility index (Phi) is 4.94. The molecule has 0 saturated heterocycles. The monoisotopic (exact) mass is 376 g/mol. The third kappa shape index (κ3) is 2.95. The van der Waals surface area contributed by atoms with Crippen molar-refractivity contribution >= 4 is 44.9 Å². The predicted octanol–water partition coefficient (Wildman–Crippen LogP) is 4.78. The van der Waals surface area contributed by atoms with Crippen LogP contribution in [-0.2, 0) is 0 Å². The van der Waals surface area contributed by atoms with Crippen molar-refractivity contribution in [2.45, 2.75) is 27.2 Å². The Morgan fingerprint density at radius 2 is 2.00 bits per heavy atom. The van der Waals surface area contributed by atoms with Crippen molar-refractivity contribution < 1.29 is 0 Å². The van der Waals surface area contributed by atoms with Crippen molar-refractivity contribution in [1.82, 2.24) is 14.8 Å². The van der Waals surface area contributed by atoms with Crippen LogP contribution in [0.25, 0.3) is 5.82 Å². The smallest absolute Gasteiger partial charge is 0.174 e. The molecule has 2 aromatic heterocycles. The standard InChI is InChI=1S/C13H15BrCl2N4/c1-4-5-17-12-9(15)6-10(16)13(18-12)20-8(3)11(14)7(2)19-20/h6H,4-5H2,1-3H3,(H,17,18). The minimum atomic E-state index is 0.468. The van der Waals surface area contributed by atoms with E-state index in [1.807, 2.05) is 13.8 Å². The number of hydrogen-bond acceptors (Lipinski definition) is 3. The van der Waals surface area contributed by atoms with Gasteiger partial charge in [-0.05, 0) is 42.3 Å². The number of nitrogens with zero attached hydrogens (tertiary/aromatic N) is 3. The number of halogens is 3. The van der Waals surface area contributed by atoms with E-state index in [0.717, 1.165) is 28.8 Å². The van der Waals surface area contributed by atoms with Crippen LogP contribution in [0.5, 0.6) is 0 Å². The van der Waals surface area contributed by atoms with Gasteiger partial charge in [-0.2, -0.15) is 5.10 Å². The van der Waals surface area contributed by atoms with Gasteiger partial charge >= 0.3 is 0 Å². The predicted molar refractivity (Wildman–Crippen MR) is 87.3 cm³/mol. The summed E-state index contributed by atoms with van der Waals surface area (Å²) in [7, 11) is 0. The summed E-state index contributed by atoms with van der Waals surface area (Å²) >= 11 is 15.9. The van der Waals surface area contributed by atoms with Gasteiger partial charge in [0.25, 0.3) is 0 Å². The molecule has 0 aliphatic carbocycles. The van der Waals surface area contributed by atoms with Crippen LogP contribution in [0.3, 0.4) is 0 Å². The SMILES string of the molecule is CCCNc1nc(-n2nc(C)c(Br)c2C)c(Cl)cc1Cl. The molecule has 0 fully saturated rings. The van der Waals surface area contributed by atoms with Gasteiger partial charge in [0.15, 0.2) is 5.82 Å². The first kappa shape index (κ1) is 15.6. The Hall–Kier alpha value is -0.780. The van der Waals surface area contributed by atoms with E-state index in [4.69, 9.17) is 23.2 Å². The molecule has 0 amide bonds. The highest BCUT2D eigenvalue weighted by Gasteiger charge is 2.16. The minimum absolute atomic E-state index is 0.468. The van der Waals surface area contributed by atoms with E-state index in [2.05, 4.69) is 38.3 Å². The highest BCUT2D eigenvalue weighted by molar-refractivity contribution is 9.10. The van der Waals surface area contributed by atoms with Crippen molar-refractivity contribution in [1.29, 1.82) is 0 Å². The maximum absolute atomic E-state index is 6.25. The molecule has 1 N–H and O–H groups in total. The normalized spacial score (nSPS) is 10.9. The lowest BCUT2D eigenvalue weighted by Crippen LogP contribution is -2.08. The molecule has 0 unspecified atom stereocenters. The highest BCUT2D eigenvalue weighted by Crippen LogP contribution is 2.30. The van der Waals surface area contributed by atoms with E-state index in [1.54, 1.807) is 10.7 Å². The Labute approximate surface area is 136 Å². The fraction of sp³-hybridized carbons (Fsp3) is 0.385. The van der Waals surface area contributed by atoms with E-state index in [-0.39, 0.29) is 0 Å². The van der Waals surface area contributed by atoms with Crippen LogP contribution in [0.2, 0.25) is 10.0 Å². The molecule has 0 radical (unpaired) electrons. The van der Waals surface area contributed by atoms with E-state index < -0.39 is 0 Å². The first-order chi connectivity index (χ1) is 9.45. The molecule has 0 aliphatic rings. The molecule has 2 heterocycles. The van der Waals surface area contributed by atoms with Gasteiger partial charge in [-0.25, -0.2) is 9.67 Å². The summed E-state index contributed by atoms with van der Waals surface area (Å²) in [4.78, 5) is 4.50. The molecule has 0 bridgehead atoms. The molecule has 4 nitrogen and oxygen atoms in total. The van der Waals surface area contributed by atoms with Gasteiger partial charge in [-0.15, -0.1) is 0 Å². The lowest BCUT2D eigenvalue weighted by molar-refractivity contribution is 0.805. The van der Waals surface area contributed by atoms with Crippen LogP contribution >= 0.6 is 39.1 Å². The highest BCUT2D eigenvalue weighted by atomic mass is 79.9. The Balaban J connectivity index is 2.53. The zero-order valence-electron chi connectivity index (χ0n) is 11.5. The van der Waals surface area contributed by atoms with Gasteiger partial charge < -0.3 is 5.32 Å². The van der Waals surface area contributed by atoms with Crippen LogP contribution in [0, 0.1) is 13.8 Å². The number of anilines is 1. The van der Waals surface area contributed by atoms with Crippen molar-refractivity contribution in [3.63, 3.8) is 0 Å². The number of aryl methyl sites for hydroxylation is 1. The molecule has 20 heavy (non-hydrogen) atoms. The first-order valence-electron chi connectivity index (χ1n) is 6.27. The molecular weight excluding hydrogens is 363 g/mol. The molecule has 2 aromatic rings. The molecule has 2 rings (SSSR count). The van der Waals surface area contributed by atoms with Crippen molar-refractivity contribution in [2.24, 2.45) is 0 Å². The van der Waals surface area contributed by atoms with Gasteiger partial charge in [0.2, 0.25) is 0 Å². The molecule has 108 valence electrons. The second-order valence-electron chi connectivity index (χ2n) is 4.45. The summed E-state index contributed by atoms with van der Waals surface area (Å²) in [6.45, 7) is 6.76. The number of nitrogens with one attached hydrogen (secondary N) is 1. The first-order valence-corrected chi connectivity index (χ1v) is 7.82. The second-order valence-corrected chi connectivity index (χ2v) is 6.06. The summed E-state index contributed by atoms with van der Waals surface area (Å²) < 4.78 is 2.67. The molecule has 0 aliphatic heterocycles. The fourth-order valence-corrected chi connectivity index (χ4v) is 2.56. The molecule has 0 aromatic carbocycles. The quantitative estimate of drug-likeness (QED) is 0.833. The van der Waals surface area contributed by atoms with Gasteiger partial charge in [-0.1, -0.05) is 30.1 Å². The number of aromatic nitrogens is 3. The van der Waals surface area contributed by atoms with E-state index in [9.17, 15) is 0 Å². The van der Waals surface area contributed by atoms with Gasteiger partial charge in [0, 0.05) is 6.54 Å². The van der Waals surface area contributed by atoms with Gasteiger partial charge in [0.1, 0.15) is 5.82 Å². The summed E-state index contributed by atoms with van der Waals surface area (Å²) in [6, 6.07) is 1.69. The fourth-order valence-electron chi connectivity index (χ4n) is 1.80. The summed E-state index contributed by atoms with van der Waals surface area (Å²) in [6.07, 6.45) is 0.988. The number of hydrogen-bond donors (Lipinski definition) is 1. The second kappa shape index (κ2) is 6.33. The van der Waals surface area contributed by atoms with E-state index >= 15 is 0 Å². The van der Waals surface area contributed by atoms with Crippen LogP contribution in [0.4, 0.5) is 5.82 Å². The van der Waals surface area contributed by atoms with Crippen LogP contribution < -0.4 is 5.32 Å². The van der Waals surface area contributed by atoms with E-state index in [1.165, 1.54) is 0 Å². The van der Waals surface area contributed by atoms with Crippen molar-refractivity contribution in [2.75, 3.05) is 11.9 Å². The Morgan fingerprint density at radius 1 is 1.30 bits per heavy atom. The lowest BCUT2D eigenvalue weighted by atomic mass is 10.4. The molecule has 0 atom stereocenters. The molecule has 0 spiro atoms. The molecule has 7 heteroatoms. The Bertz CT molecular complexity index is 640. The third-order valence-corrected chi connectivity index (χ3v) is 4.57. The Morgan fingerprint density at radius 3 is 2.55 bits per heavy atom. The summed E-state index contributed by atoms with van der Waals surface area (Å²) in [5.41, 5.74) is 1.83. The zero-order valence-corrected chi connectivity index (χ0v) is 14.6. The minimum Gasteiger partial charge on any atom is -0.369 e. The average molecular weight is 378 g/mol. The lowest BCUT2D eigenvalue weighted by Gasteiger charge is -2.11. The average Bonchev–Trinajstić information content (AvgIpc) is 2.66. The van der Waals surface area contributed by atoms with Gasteiger partial charge in [0.05, 0.1) is 25.9 Å². The number of rotatable bonds is 4. The zero-order chi connectivity index (χ0) is 14.9. The molecular formula is C13H15BrCl2N4. The van der Waals surface area contributed by atoms with Crippen LogP contribution in [0.1, 0.15) is 24.7 Å². The van der Waals surface area contributed by atoms with Crippen molar-refractivity contribution in [3.05, 3.63) is 32.0 Å².